The van der Waals surface area contributed by atoms with Crippen LogP contribution in [0.2, 0.25) is 0 Å². The van der Waals surface area contributed by atoms with Crippen molar-refractivity contribution in [3.05, 3.63) is 34.6 Å². The van der Waals surface area contributed by atoms with E-state index >= 15 is 0 Å². The summed E-state index contributed by atoms with van der Waals surface area (Å²) < 4.78 is 0. The summed E-state index contributed by atoms with van der Waals surface area (Å²) in [5.74, 6) is 0. The van der Waals surface area contributed by atoms with Gasteiger partial charge in [-0.2, -0.15) is 0 Å². The molecule has 0 unspecified atom stereocenters. The first kappa shape index (κ1) is 11.2. The quantitative estimate of drug-likeness (QED) is 0.885. The molecule has 0 aromatic carbocycles. The number of nitrogens with two attached hydrogens (primary N) is 1. The fourth-order valence-electron chi connectivity index (χ4n) is 1.59. The minimum absolute atomic E-state index is 0.675. The van der Waals surface area contributed by atoms with Crippen molar-refractivity contribution in [1.29, 1.82) is 0 Å². The van der Waals surface area contributed by atoms with Gasteiger partial charge in [0.2, 0.25) is 0 Å². The van der Waals surface area contributed by atoms with Gasteiger partial charge in [0.15, 0.2) is 0 Å². The first-order valence-electron chi connectivity index (χ1n) is 5.29. The largest absolute Gasteiger partial charge is 0.330 e. The molecule has 3 nitrogen and oxygen atoms in total. The summed E-state index contributed by atoms with van der Waals surface area (Å²) in [4.78, 5) is 10.0. The van der Waals surface area contributed by atoms with Crippen LogP contribution in [0.1, 0.15) is 16.1 Å². The molecule has 0 bridgehead atoms. The van der Waals surface area contributed by atoms with Crippen molar-refractivity contribution in [3.63, 3.8) is 0 Å². The molecular formula is C12H15N3S. The summed E-state index contributed by atoms with van der Waals surface area (Å²) in [5, 5.41) is 1.05. The van der Waals surface area contributed by atoms with Gasteiger partial charge in [-0.1, -0.05) is 0 Å². The zero-order valence-electron chi connectivity index (χ0n) is 9.53. The Balaban J connectivity index is 2.42. The fourth-order valence-corrected chi connectivity index (χ4v) is 2.75. The first-order chi connectivity index (χ1) is 7.72. The Kier molecular flexibility index (Phi) is 3.31. The molecule has 2 aromatic rings. The van der Waals surface area contributed by atoms with Crippen molar-refractivity contribution in [1.82, 2.24) is 9.97 Å². The molecule has 0 atom stereocenters. The maximum Gasteiger partial charge on any atom is 0.125 e. The van der Waals surface area contributed by atoms with Crippen LogP contribution in [0.15, 0.2) is 18.5 Å². The van der Waals surface area contributed by atoms with Crippen molar-refractivity contribution in [2.75, 3.05) is 6.54 Å². The third kappa shape index (κ3) is 2.13. The average Bonchev–Trinajstić information content (AvgIpc) is 2.61. The number of aryl methyl sites for hydroxylation is 2. The smallest absolute Gasteiger partial charge is 0.125 e. The van der Waals surface area contributed by atoms with Gasteiger partial charge in [0.25, 0.3) is 0 Å². The van der Waals surface area contributed by atoms with Gasteiger partial charge < -0.3 is 5.73 Å². The third-order valence-electron chi connectivity index (χ3n) is 2.53. The van der Waals surface area contributed by atoms with Gasteiger partial charge >= 0.3 is 0 Å². The van der Waals surface area contributed by atoms with Crippen LogP contribution in [0.25, 0.3) is 10.6 Å². The summed E-state index contributed by atoms with van der Waals surface area (Å²) >= 11 is 1.72. The molecule has 2 heterocycles. The number of thiazole rings is 1. The standard InChI is InChI=1S/C12H15N3S/c1-8-4-6-14-7-10(8)12-15-9(2)11(16-12)3-5-13/h4,6-7H,3,5,13H2,1-2H3. The number of hydrogen-bond acceptors (Lipinski definition) is 4. The van der Waals surface area contributed by atoms with E-state index in [1.165, 1.54) is 10.4 Å². The summed E-state index contributed by atoms with van der Waals surface area (Å²) in [7, 11) is 0. The summed E-state index contributed by atoms with van der Waals surface area (Å²) in [5.41, 5.74) is 9.00. The Labute approximate surface area is 99.4 Å². The van der Waals surface area contributed by atoms with Gasteiger partial charge in [0, 0.05) is 22.8 Å². The number of aromatic nitrogens is 2. The summed E-state index contributed by atoms with van der Waals surface area (Å²) in [6, 6.07) is 2.01. The molecule has 0 spiro atoms. The molecule has 84 valence electrons. The van der Waals surface area contributed by atoms with E-state index < -0.39 is 0 Å². The molecule has 2 N–H and O–H groups in total. The Morgan fingerprint density at radius 3 is 2.88 bits per heavy atom. The topological polar surface area (TPSA) is 51.8 Å². The van der Waals surface area contributed by atoms with Gasteiger partial charge in [0.1, 0.15) is 5.01 Å². The highest BCUT2D eigenvalue weighted by molar-refractivity contribution is 7.15. The fraction of sp³-hybridized carbons (Fsp3) is 0.333. The van der Waals surface area contributed by atoms with E-state index in [9.17, 15) is 0 Å². The lowest BCUT2D eigenvalue weighted by Crippen LogP contribution is -2.01. The van der Waals surface area contributed by atoms with Crippen molar-refractivity contribution in [3.8, 4) is 10.6 Å². The van der Waals surface area contributed by atoms with Gasteiger partial charge in [0.05, 0.1) is 5.69 Å². The molecule has 0 aliphatic carbocycles. The number of pyridine rings is 1. The minimum atomic E-state index is 0.675. The summed E-state index contributed by atoms with van der Waals surface area (Å²) in [6.07, 6.45) is 4.59. The predicted octanol–water partition coefficient (Wildman–Crippen LogP) is 2.32. The van der Waals surface area contributed by atoms with E-state index in [0.717, 1.165) is 22.7 Å². The number of rotatable bonds is 3. The molecule has 4 heteroatoms. The van der Waals surface area contributed by atoms with Crippen LogP contribution in [0.4, 0.5) is 0 Å². The molecular weight excluding hydrogens is 218 g/mol. The monoisotopic (exact) mass is 233 g/mol. The van der Waals surface area contributed by atoms with E-state index in [2.05, 4.69) is 16.9 Å². The number of hydrogen-bond donors (Lipinski definition) is 1. The molecule has 2 rings (SSSR count). The molecule has 0 fully saturated rings. The molecule has 16 heavy (non-hydrogen) atoms. The highest BCUT2D eigenvalue weighted by Gasteiger charge is 2.10. The highest BCUT2D eigenvalue weighted by Crippen LogP contribution is 2.29. The second-order valence-electron chi connectivity index (χ2n) is 3.76. The molecule has 0 aliphatic rings. The second kappa shape index (κ2) is 4.72. The van der Waals surface area contributed by atoms with E-state index in [4.69, 9.17) is 5.73 Å². The molecule has 0 radical (unpaired) electrons. The molecule has 0 saturated heterocycles. The third-order valence-corrected chi connectivity index (χ3v) is 3.78. The maximum atomic E-state index is 5.57. The number of nitrogens with zero attached hydrogens (tertiary/aromatic N) is 2. The van der Waals surface area contributed by atoms with Crippen LogP contribution in [-0.2, 0) is 6.42 Å². The van der Waals surface area contributed by atoms with Crippen molar-refractivity contribution in [2.24, 2.45) is 5.73 Å². The van der Waals surface area contributed by atoms with Crippen LogP contribution in [-0.4, -0.2) is 16.5 Å². The van der Waals surface area contributed by atoms with Crippen molar-refractivity contribution in [2.45, 2.75) is 20.3 Å². The van der Waals surface area contributed by atoms with Crippen LogP contribution in [0, 0.1) is 13.8 Å². The van der Waals surface area contributed by atoms with Gasteiger partial charge in [-0.3, -0.25) is 4.98 Å². The lowest BCUT2D eigenvalue weighted by Gasteiger charge is -1.99. The maximum absolute atomic E-state index is 5.57. The van der Waals surface area contributed by atoms with E-state index in [-0.39, 0.29) is 0 Å². The average molecular weight is 233 g/mol. The summed E-state index contributed by atoms with van der Waals surface area (Å²) in [6.45, 7) is 4.79. The Morgan fingerprint density at radius 1 is 1.38 bits per heavy atom. The Morgan fingerprint density at radius 2 is 2.19 bits per heavy atom. The molecule has 0 aliphatic heterocycles. The minimum Gasteiger partial charge on any atom is -0.330 e. The lowest BCUT2D eigenvalue weighted by molar-refractivity contribution is 0.970. The van der Waals surface area contributed by atoms with Crippen LogP contribution < -0.4 is 5.73 Å². The van der Waals surface area contributed by atoms with E-state index in [0.29, 0.717) is 6.54 Å². The van der Waals surface area contributed by atoms with Gasteiger partial charge in [-0.05, 0) is 38.4 Å². The lowest BCUT2D eigenvalue weighted by atomic mass is 10.2. The first-order valence-corrected chi connectivity index (χ1v) is 6.11. The van der Waals surface area contributed by atoms with Gasteiger partial charge in [-0.25, -0.2) is 4.98 Å². The van der Waals surface area contributed by atoms with Crippen LogP contribution >= 0.6 is 11.3 Å². The molecule has 0 amide bonds. The van der Waals surface area contributed by atoms with Crippen molar-refractivity contribution >= 4 is 11.3 Å². The molecule has 2 aromatic heterocycles. The normalized spacial score (nSPS) is 10.7. The van der Waals surface area contributed by atoms with Crippen molar-refractivity contribution < 1.29 is 0 Å². The zero-order valence-corrected chi connectivity index (χ0v) is 10.3. The second-order valence-corrected chi connectivity index (χ2v) is 4.84. The Hall–Kier alpha value is -1.26. The Bertz CT molecular complexity index is 491. The van der Waals surface area contributed by atoms with E-state index in [1.54, 1.807) is 17.5 Å². The van der Waals surface area contributed by atoms with Gasteiger partial charge in [-0.15, -0.1) is 11.3 Å². The SMILES string of the molecule is Cc1ccncc1-c1nc(C)c(CCN)s1. The molecule has 0 saturated carbocycles. The van der Waals surface area contributed by atoms with Crippen LogP contribution in [0.3, 0.4) is 0 Å². The van der Waals surface area contributed by atoms with Crippen LogP contribution in [0.5, 0.6) is 0 Å². The predicted molar refractivity (Wildman–Crippen MR) is 67.6 cm³/mol. The zero-order chi connectivity index (χ0) is 11.5. The van der Waals surface area contributed by atoms with E-state index in [1.807, 2.05) is 19.2 Å². The highest BCUT2D eigenvalue weighted by atomic mass is 32.1.